The second-order valence-electron chi connectivity index (χ2n) is 11.9. The average molecular weight is 735 g/mol. The highest BCUT2D eigenvalue weighted by atomic mass is 79.9. The molecule has 10 heteroatoms. The lowest BCUT2D eigenvalue weighted by atomic mass is 9.98. The zero-order chi connectivity index (χ0) is 30.9. The third kappa shape index (κ3) is 12.4. The number of halogens is 2. The van der Waals surface area contributed by atoms with Crippen molar-refractivity contribution in [2.75, 3.05) is 67.6 Å². The summed E-state index contributed by atoms with van der Waals surface area (Å²) in [6.07, 6.45) is 0. The minimum Gasteiger partial charge on any atom is -1.00 e. The standard InChI is InChI=1S/C34H42N2O6.2BrH/c1-25(37)41-21-19-35(3,4)23-33(39)31-15-11-29(12-16-31)27-7-9-28(10-8-27)30-13-17-32(18-14-30)34(40)24-36(5,6)20-22-42-26(2)38;;/h7-18H,19-24H2,1-6H3;2*1H/q+2;;/p-2. The molecule has 3 rings (SSSR count). The van der Waals surface area contributed by atoms with Crippen LogP contribution >= 0.6 is 0 Å². The number of rotatable bonds is 14. The predicted octanol–water partition coefficient (Wildman–Crippen LogP) is -1.33. The molecule has 0 amide bonds. The molecule has 0 N–H and O–H groups in total. The number of hydrogen-bond acceptors (Lipinski definition) is 6. The van der Waals surface area contributed by atoms with E-state index in [0.29, 0.717) is 46.3 Å². The predicted molar refractivity (Wildman–Crippen MR) is 163 cm³/mol. The molecule has 0 heterocycles. The van der Waals surface area contributed by atoms with E-state index < -0.39 is 0 Å². The van der Waals surface area contributed by atoms with E-state index in [9.17, 15) is 19.2 Å². The number of carbonyl (C=O) groups is 4. The highest BCUT2D eigenvalue weighted by Gasteiger charge is 2.23. The topological polar surface area (TPSA) is 86.7 Å². The summed E-state index contributed by atoms with van der Waals surface area (Å²) in [5.74, 6) is -0.562. The fourth-order valence-corrected chi connectivity index (χ4v) is 4.54. The number of hydrogen-bond donors (Lipinski definition) is 0. The van der Waals surface area contributed by atoms with Crippen LogP contribution in [0.4, 0.5) is 0 Å². The van der Waals surface area contributed by atoms with Gasteiger partial charge in [-0.1, -0.05) is 72.8 Å². The fraction of sp³-hybridized carbons (Fsp3) is 0.353. The lowest BCUT2D eigenvalue weighted by Gasteiger charge is -2.28. The number of nitrogens with zero attached hydrogens (tertiary/aromatic N) is 2. The summed E-state index contributed by atoms with van der Waals surface area (Å²) in [4.78, 5) is 47.7. The second kappa shape index (κ2) is 17.3. The molecule has 0 fully saturated rings. The van der Waals surface area contributed by atoms with Gasteiger partial charge in [-0.05, 0) is 22.3 Å². The van der Waals surface area contributed by atoms with E-state index in [2.05, 4.69) is 0 Å². The lowest BCUT2D eigenvalue weighted by molar-refractivity contribution is -0.882. The van der Waals surface area contributed by atoms with Gasteiger partial charge in [-0.2, -0.15) is 0 Å². The van der Waals surface area contributed by atoms with Gasteiger partial charge in [0.1, 0.15) is 39.4 Å². The van der Waals surface area contributed by atoms with Gasteiger partial charge in [0.2, 0.25) is 11.6 Å². The highest BCUT2D eigenvalue weighted by molar-refractivity contribution is 5.98. The van der Waals surface area contributed by atoms with Crippen LogP contribution in [0.5, 0.6) is 0 Å². The van der Waals surface area contributed by atoms with Crippen LogP contribution in [0.3, 0.4) is 0 Å². The number of benzene rings is 3. The molecule has 0 saturated carbocycles. The van der Waals surface area contributed by atoms with Crippen molar-refractivity contribution in [2.45, 2.75) is 13.8 Å². The molecule has 0 unspecified atom stereocenters. The first kappa shape index (κ1) is 38.8. The highest BCUT2D eigenvalue weighted by Crippen LogP contribution is 2.26. The minimum atomic E-state index is -0.319. The molecule has 0 bridgehead atoms. The van der Waals surface area contributed by atoms with E-state index in [-0.39, 0.29) is 70.7 Å². The number of ketones is 2. The van der Waals surface area contributed by atoms with Gasteiger partial charge in [0, 0.05) is 25.0 Å². The number of quaternary nitrogens is 2. The van der Waals surface area contributed by atoms with E-state index in [1.165, 1.54) is 13.8 Å². The molecule has 0 spiro atoms. The molecule has 0 saturated heterocycles. The van der Waals surface area contributed by atoms with Crippen LogP contribution < -0.4 is 34.0 Å². The van der Waals surface area contributed by atoms with Crippen LogP contribution in [-0.4, -0.2) is 100 Å². The van der Waals surface area contributed by atoms with Crippen molar-refractivity contribution in [3.8, 4) is 22.3 Å². The molecule has 0 radical (unpaired) electrons. The molecule has 0 aromatic heterocycles. The molecule has 3 aromatic carbocycles. The number of esters is 2. The van der Waals surface area contributed by atoms with Crippen molar-refractivity contribution < 1.29 is 71.6 Å². The first-order chi connectivity index (χ1) is 19.7. The second-order valence-corrected chi connectivity index (χ2v) is 11.9. The average Bonchev–Trinajstić information content (AvgIpc) is 2.92. The molecular formula is C34H42Br2N2O6. The molecular weight excluding hydrogens is 692 g/mol. The molecule has 0 aliphatic carbocycles. The van der Waals surface area contributed by atoms with E-state index in [0.717, 1.165) is 22.3 Å². The van der Waals surface area contributed by atoms with Crippen LogP contribution in [0.1, 0.15) is 34.6 Å². The normalized spacial score (nSPS) is 11.0. The molecule has 0 atom stereocenters. The minimum absolute atomic E-state index is 0. The SMILES string of the molecule is CC(=O)OCC[N+](C)(C)CC(=O)c1ccc(-c2ccc(-c3ccc(C(=O)C[N+](C)(C)CCOC(C)=O)cc3)cc2)cc1.[Br-].[Br-]. The molecule has 8 nitrogen and oxygen atoms in total. The van der Waals surface area contributed by atoms with Crippen LogP contribution in [-0.2, 0) is 19.1 Å². The lowest BCUT2D eigenvalue weighted by Crippen LogP contribution is -3.00. The molecule has 3 aromatic rings. The summed E-state index contributed by atoms with van der Waals surface area (Å²) in [7, 11) is 7.77. The zero-order valence-corrected chi connectivity index (χ0v) is 29.4. The van der Waals surface area contributed by atoms with Crippen LogP contribution in [0.25, 0.3) is 22.3 Å². The first-order valence-corrected chi connectivity index (χ1v) is 14.0. The van der Waals surface area contributed by atoms with E-state index in [1.54, 1.807) is 0 Å². The van der Waals surface area contributed by atoms with Gasteiger partial charge in [0.05, 0.1) is 28.2 Å². The third-order valence-corrected chi connectivity index (χ3v) is 7.11. The van der Waals surface area contributed by atoms with Gasteiger partial charge in [0.15, 0.2) is 0 Å². The number of Topliss-reactive ketones (excluding diaryl/α,β-unsaturated/α-hetero) is 2. The summed E-state index contributed by atoms with van der Waals surface area (Å²) in [5.41, 5.74) is 5.39. The maximum atomic E-state index is 12.8. The third-order valence-electron chi connectivity index (χ3n) is 7.11. The Morgan fingerprint density at radius 3 is 1.00 bits per heavy atom. The van der Waals surface area contributed by atoms with Crippen molar-refractivity contribution >= 4 is 23.5 Å². The van der Waals surface area contributed by atoms with E-state index >= 15 is 0 Å². The van der Waals surface area contributed by atoms with Crippen molar-refractivity contribution in [1.29, 1.82) is 0 Å². The summed E-state index contributed by atoms with van der Waals surface area (Å²) in [6.45, 7) is 5.07. The van der Waals surface area contributed by atoms with Crippen molar-refractivity contribution in [2.24, 2.45) is 0 Å². The Morgan fingerprint density at radius 2 is 0.750 bits per heavy atom. The molecule has 44 heavy (non-hydrogen) atoms. The maximum absolute atomic E-state index is 12.8. The Hall–Kier alpha value is -3.18. The summed E-state index contributed by atoms with van der Waals surface area (Å²) < 4.78 is 10.9. The molecule has 0 aliphatic heterocycles. The largest absolute Gasteiger partial charge is 1.00 e. The van der Waals surface area contributed by atoms with Crippen LogP contribution in [0.2, 0.25) is 0 Å². The smallest absolute Gasteiger partial charge is 0.302 e. The Balaban J connectivity index is 0.00000484. The van der Waals surface area contributed by atoms with Gasteiger partial charge < -0.3 is 52.4 Å². The Labute approximate surface area is 281 Å². The zero-order valence-electron chi connectivity index (χ0n) is 26.3. The maximum Gasteiger partial charge on any atom is 0.302 e. The molecule has 0 aliphatic rings. The van der Waals surface area contributed by atoms with Gasteiger partial charge in [-0.25, -0.2) is 0 Å². The number of carbonyl (C=O) groups excluding carboxylic acids is 4. The van der Waals surface area contributed by atoms with Crippen molar-refractivity contribution in [1.82, 2.24) is 0 Å². The number of likely N-dealkylation sites (N-methyl/N-ethyl adjacent to an activating group) is 2. The first-order valence-electron chi connectivity index (χ1n) is 14.0. The molecule has 238 valence electrons. The van der Waals surface area contributed by atoms with Crippen molar-refractivity contribution in [3.63, 3.8) is 0 Å². The van der Waals surface area contributed by atoms with E-state index in [4.69, 9.17) is 9.47 Å². The summed E-state index contributed by atoms with van der Waals surface area (Å²) in [6, 6.07) is 23.4. The van der Waals surface area contributed by atoms with E-state index in [1.807, 2.05) is 101 Å². The van der Waals surface area contributed by atoms with Gasteiger partial charge in [-0.3, -0.25) is 19.2 Å². The Kier molecular flexibility index (Phi) is 15.3. The van der Waals surface area contributed by atoms with Gasteiger partial charge in [-0.15, -0.1) is 0 Å². The Bertz CT molecular complexity index is 1290. The number of ether oxygens (including phenoxy) is 2. The fourth-order valence-electron chi connectivity index (χ4n) is 4.54. The van der Waals surface area contributed by atoms with Crippen molar-refractivity contribution in [3.05, 3.63) is 83.9 Å². The van der Waals surface area contributed by atoms with Crippen LogP contribution in [0, 0.1) is 0 Å². The van der Waals surface area contributed by atoms with Gasteiger partial charge >= 0.3 is 11.9 Å². The van der Waals surface area contributed by atoms with Crippen LogP contribution in [0.15, 0.2) is 72.8 Å². The monoisotopic (exact) mass is 732 g/mol. The quantitative estimate of drug-likeness (QED) is 0.116. The summed E-state index contributed by atoms with van der Waals surface area (Å²) in [5, 5.41) is 0. The summed E-state index contributed by atoms with van der Waals surface area (Å²) >= 11 is 0. The van der Waals surface area contributed by atoms with Gasteiger partial charge in [0.25, 0.3) is 0 Å². The Morgan fingerprint density at radius 1 is 0.500 bits per heavy atom.